The van der Waals surface area contributed by atoms with E-state index in [2.05, 4.69) is 15.4 Å². The number of benzene rings is 1. The summed E-state index contributed by atoms with van der Waals surface area (Å²) in [6.45, 7) is 4.78. The van der Waals surface area contributed by atoms with Crippen molar-refractivity contribution in [2.24, 2.45) is 5.41 Å². The van der Waals surface area contributed by atoms with Gasteiger partial charge in [-0.05, 0) is 56.7 Å². The Labute approximate surface area is 236 Å². The van der Waals surface area contributed by atoms with E-state index in [0.29, 0.717) is 28.8 Å². The van der Waals surface area contributed by atoms with Gasteiger partial charge >= 0.3 is 11.8 Å². The highest BCUT2D eigenvalue weighted by molar-refractivity contribution is 6.40. The van der Waals surface area contributed by atoms with E-state index in [9.17, 15) is 18.8 Å². The van der Waals surface area contributed by atoms with Crippen molar-refractivity contribution in [1.29, 1.82) is 0 Å². The van der Waals surface area contributed by atoms with Gasteiger partial charge < -0.3 is 25.6 Å². The van der Waals surface area contributed by atoms with E-state index < -0.39 is 23.7 Å². The zero-order valence-corrected chi connectivity index (χ0v) is 23.2. The summed E-state index contributed by atoms with van der Waals surface area (Å²) in [5.41, 5.74) is 7.18. The number of halogens is 1. The number of ether oxygens (including phenoxy) is 1. The number of nitrogens with one attached hydrogen (secondary N) is 1. The summed E-state index contributed by atoms with van der Waals surface area (Å²) in [5, 5.41) is 7.74. The Balaban J connectivity index is 1.29. The van der Waals surface area contributed by atoms with E-state index in [4.69, 9.17) is 10.5 Å². The first-order chi connectivity index (χ1) is 19.7. The second-order valence-electron chi connectivity index (χ2n) is 11.6. The molecule has 2 saturated heterocycles. The molecule has 12 heteroatoms. The number of fused-ring (bicyclic) bond motifs is 1. The van der Waals surface area contributed by atoms with E-state index in [1.807, 2.05) is 13.8 Å². The molecule has 2 aromatic heterocycles. The molecule has 1 saturated carbocycles. The first-order valence-corrected chi connectivity index (χ1v) is 14.1. The van der Waals surface area contributed by atoms with Gasteiger partial charge in [0.2, 0.25) is 5.91 Å². The number of carbonyl (C=O) groups is 3. The molecule has 1 unspecified atom stereocenters. The summed E-state index contributed by atoms with van der Waals surface area (Å²) in [7, 11) is 0. The maximum absolute atomic E-state index is 13.8. The molecular weight excluding hydrogens is 529 g/mol. The van der Waals surface area contributed by atoms with Crippen molar-refractivity contribution in [3.8, 4) is 0 Å². The molecule has 0 spiro atoms. The molecule has 0 radical (unpaired) electrons. The van der Waals surface area contributed by atoms with Gasteiger partial charge in [0, 0.05) is 31.2 Å². The monoisotopic (exact) mass is 563 g/mol. The quantitative estimate of drug-likeness (QED) is 0.465. The van der Waals surface area contributed by atoms with Crippen molar-refractivity contribution in [1.82, 2.24) is 24.6 Å². The summed E-state index contributed by atoms with van der Waals surface area (Å²) in [4.78, 5) is 48.0. The number of hydrogen-bond donors (Lipinski definition) is 2. The van der Waals surface area contributed by atoms with Crippen molar-refractivity contribution in [2.75, 3.05) is 30.7 Å². The van der Waals surface area contributed by atoms with Crippen LogP contribution in [0.3, 0.4) is 0 Å². The van der Waals surface area contributed by atoms with Gasteiger partial charge in [0.05, 0.1) is 29.5 Å². The SMILES string of the molecule is C[C@@H]1CN(C(=O)C(=O)Nc2cnc(N)c3cnn(C4CCCCO4)c23)[C@@H](c2ccc(F)cc2)CN1C(=O)C1(C)CC1. The fraction of sp³-hybridized carbons (Fsp3) is 0.483. The van der Waals surface area contributed by atoms with Crippen molar-refractivity contribution in [3.63, 3.8) is 0 Å². The van der Waals surface area contributed by atoms with Crippen molar-refractivity contribution in [3.05, 3.63) is 48.0 Å². The number of pyridine rings is 1. The van der Waals surface area contributed by atoms with Crippen LogP contribution in [0.15, 0.2) is 36.7 Å². The van der Waals surface area contributed by atoms with Gasteiger partial charge in [-0.2, -0.15) is 5.10 Å². The minimum atomic E-state index is -0.858. The van der Waals surface area contributed by atoms with Crippen LogP contribution in [0.4, 0.5) is 15.9 Å². The van der Waals surface area contributed by atoms with Gasteiger partial charge in [-0.15, -0.1) is 0 Å². The van der Waals surface area contributed by atoms with Gasteiger partial charge in [0.25, 0.3) is 0 Å². The lowest BCUT2D eigenvalue weighted by atomic mass is 9.97. The molecule has 4 heterocycles. The van der Waals surface area contributed by atoms with Crippen LogP contribution in [0.1, 0.15) is 63.8 Å². The van der Waals surface area contributed by atoms with Crippen LogP contribution in [0, 0.1) is 11.2 Å². The molecule has 11 nitrogen and oxygen atoms in total. The number of nitrogens with zero attached hydrogens (tertiary/aromatic N) is 5. The van der Waals surface area contributed by atoms with Crippen LogP contribution in [-0.4, -0.2) is 68.0 Å². The zero-order valence-electron chi connectivity index (χ0n) is 23.2. The molecule has 3 aliphatic rings. The van der Waals surface area contributed by atoms with E-state index in [-0.39, 0.29) is 42.5 Å². The largest absolute Gasteiger partial charge is 0.383 e. The fourth-order valence-corrected chi connectivity index (χ4v) is 5.82. The number of nitrogens with two attached hydrogens (primary N) is 1. The third-order valence-corrected chi connectivity index (χ3v) is 8.56. The van der Waals surface area contributed by atoms with Crippen LogP contribution in [-0.2, 0) is 19.1 Å². The lowest BCUT2D eigenvalue weighted by Gasteiger charge is -2.46. The van der Waals surface area contributed by atoms with Gasteiger partial charge in [-0.25, -0.2) is 14.1 Å². The van der Waals surface area contributed by atoms with E-state index in [0.717, 1.165) is 32.1 Å². The van der Waals surface area contributed by atoms with E-state index >= 15 is 0 Å². The Morgan fingerprint density at radius 3 is 2.54 bits per heavy atom. The first-order valence-electron chi connectivity index (χ1n) is 14.1. The zero-order chi connectivity index (χ0) is 28.9. The number of amides is 3. The molecule has 3 fully saturated rings. The van der Waals surface area contributed by atoms with Gasteiger partial charge in [0.15, 0.2) is 6.23 Å². The number of nitrogen functional groups attached to an aromatic ring is 1. The molecule has 216 valence electrons. The predicted molar refractivity (Wildman–Crippen MR) is 149 cm³/mol. The molecular formula is C29H34FN7O4. The number of aromatic nitrogens is 3. The van der Waals surface area contributed by atoms with Crippen LogP contribution >= 0.6 is 0 Å². The van der Waals surface area contributed by atoms with Crippen LogP contribution < -0.4 is 11.1 Å². The molecule has 2 aliphatic heterocycles. The van der Waals surface area contributed by atoms with Gasteiger partial charge in [-0.1, -0.05) is 19.1 Å². The van der Waals surface area contributed by atoms with Crippen LogP contribution in [0.5, 0.6) is 0 Å². The van der Waals surface area contributed by atoms with Gasteiger partial charge in [0.1, 0.15) is 17.2 Å². The molecule has 0 bridgehead atoms. The lowest BCUT2D eigenvalue weighted by Crippen LogP contribution is -2.59. The number of hydrogen-bond acceptors (Lipinski definition) is 7. The average molecular weight is 564 g/mol. The third-order valence-electron chi connectivity index (χ3n) is 8.56. The summed E-state index contributed by atoms with van der Waals surface area (Å²) < 4.78 is 21.4. The molecule has 41 heavy (non-hydrogen) atoms. The fourth-order valence-electron chi connectivity index (χ4n) is 5.82. The standard InChI is InChI=1S/C29H34FN7O4/c1-17-15-36(22(18-6-8-19(30)9-7-18)16-35(17)28(40)29(2)10-11-29)27(39)26(38)34-21-14-32-25(31)20-13-33-37(24(20)21)23-5-3-4-12-41-23/h6-9,13-14,17,22-23H,3-5,10-12,15-16H2,1-2H3,(H2,31,32)(H,34,38)/t17-,22-,23?/m1/s1. The van der Waals surface area contributed by atoms with E-state index in [1.54, 1.807) is 27.9 Å². The summed E-state index contributed by atoms with van der Waals surface area (Å²) >= 11 is 0. The molecule has 1 aromatic carbocycles. The molecule has 3 atom stereocenters. The normalized spacial score (nSPS) is 23.8. The molecule has 1 aliphatic carbocycles. The number of rotatable bonds is 4. The number of anilines is 2. The topological polar surface area (TPSA) is 136 Å². The highest BCUT2D eigenvalue weighted by Crippen LogP contribution is 2.47. The maximum atomic E-state index is 13.8. The van der Waals surface area contributed by atoms with Crippen LogP contribution in [0.2, 0.25) is 0 Å². The summed E-state index contributed by atoms with van der Waals surface area (Å²) in [6.07, 6.45) is 7.02. The van der Waals surface area contributed by atoms with Crippen molar-refractivity contribution >= 4 is 40.1 Å². The van der Waals surface area contributed by atoms with E-state index in [1.165, 1.54) is 23.2 Å². The van der Waals surface area contributed by atoms with Crippen molar-refractivity contribution in [2.45, 2.75) is 64.3 Å². The average Bonchev–Trinajstić information content (AvgIpc) is 3.57. The van der Waals surface area contributed by atoms with Crippen LogP contribution in [0.25, 0.3) is 10.9 Å². The molecule has 3 N–H and O–H groups in total. The Hall–Kier alpha value is -4.06. The Kier molecular flexibility index (Phi) is 6.88. The maximum Gasteiger partial charge on any atom is 0.314 e. The lowest BCUT2D eigenvalue weighted by molar-refractivity contribution is -0.153. The number of carbonyl (C=O) groups excluding carboxylic acids is 3. The Morgan fingerprint density at radius 2 is 1.85 bits per heavy atom. The van der Waals surface area contributed by atoms with Crippen molar-refractivity contribution < 1.29 is 23.5 Å². The second-order valence-corrected chi connectivity index (χ2v) is 11.6. The highest BCUT2D eigenvalue weighted by atomic mass is 19.1. The minimum absolute atomic E-state index is 0.0437. The Bertz CT molecular complexity index is 1500. The Morgan fingerprint density at radius 1 is 1.10 bits per heavy atom. The van der Waals surface area contributed by atoms with Gasteiger partial charge in [-0.3, -0.25) is 14.4 Å². The second kappa shape index (κ2) is 10.4. The molecule has 3 amide bonds. The first kappa shape index (κ1) is 27.1. The highest BCUT2D eigenvalue weighted by Gasteiger charge is 2.50. The molecule has 6 rings (SSSR count). The minimum Gasteiger partial charge on any atom is -0.383 e. The number of piperazine rings is 1. The molecule has 3 aromatic rings. The summed E-state index contributed by atoms with van der Waals surface area (Å²) in [5.74, 6) is -1.74. The smallest absolute Gasteiger partial charge is 0.314 e. The predicted octanol–water partition coefficient (Wildman–Crippen LogP) is 3.39. The third kappa shape index (κ3) is 5.01. The summed E-state index contributed by atoms with van der Waals surface area (Å²) in [6, 6.07) is 4.88.